The molecule has 2 aromatic rings. The first-order chi connectivity index (χ1) is 9.24. The molecule has 0 bridgehead atoms. The minimum atomic E-state index is -0.359. The Morgan fingerprint density at radius 3 is 3.00 bits per heavy atom. The standard InChI is InChI=1S/C14H15N3O2/c1-2-3-4-9-16-13-8-7-12-11(6-5-10-15-12)14(13)17(18)19/h2-3,5-8,10,16H,4,9H2,1H3/b3-2+. The third-order valence-electron chi connectivity index (χ3n) is 2.80. The van der Waals surface area contributed by atoms with E-state index in [0.717, 1.165) is 6.42 Å². The molecule has 0 aliphatic rings. The Kier molecular flexibility index (Phi) is 4.07. The average molecular weight is 257 g/mol. The molecular weight excluding hydrogens is 242 g/mol. The summed E-state index contributed by atoms with van der Waals surface area (Å²) in [7, 11) is 0. The third kappa shape index (κ3) is 2.88. The maximum atomic E-state index is 11.2. The normalized spacial score (nSPS) is 11.0. The second-order valence-electron chi connectivity index (χ2n) is 4.07. The van der Waals surface area contributed by atoms with E-state index in [4.69, 9.17) is 0 Å². The molecule has 0 saturated carbocycles. The second kappa shape index (κ2) is 5.95. The van der Waals surface area contributed by atoms with Crippen LogP contribution < -0.4 is 5.32 Å². The summed E-state index contributed by atoms with van der Waals surface area (Å²) in [6, 6.07) is 6.93. The van der Waals surface area contributed by atoms with Crippen LogP contribution in [-0.2, 0) is 0 Å². The number of nitro benzene ring substituents is 1. The molecule has 1 N–H and O–H groups in total. The molecule has 1 heterocycles. The Morgan fingerprint density at radius 2 is 2.26 bits per heavy atom. The smallest absolute Gasteiger partial charge is 0.301 e. The summed E-state index contributed by atoms with van der Waals surface area (Å²) in [6.07, 6.45) is 6.44. The Hall–Kier alpha value is -2.43. The van der Waals surface area contributed by atoms with Crippen LogP contribution in [0.4, 0.5) is 11.4 Å². The van der Waals surface area contributed by atoms with E-state index in [1.54, 1.807) is 30.5 Å². The van der Waals surface area contributed by atoms with Gasteiger partial charge in [0, 0.05) is 12.7 Å². The maximum Gasteiger partial charge on any atom is 0.301 e. The number of hydrogen-bond donors (Lipinski definition) is 1. The molecule has 1 aromatic heterocycles. The van der Waals surface area contributed by atoms with Crippen molar-refractivity contribution in [2.75, 3.05) is 11.9 Å². The number of pyridine rings is 1. The van der Waals surface area contributed by atoms with E-state index in [2.05, 4.69) is 10.3 Å². The molecule has 0 spiro atoms. The highest BCUT2D eigenvalue weighted by Gasteiger charge is 2.18. The molecule has 0 atom stereocenters. The van der Waals surface area contributed by atoms with Gasteiger partial charge in [-0.2, -0.15) is 0 Å². The zero-order valence-electron chi connectivity index (χ0n) is 10.7. The van der Waals surface area contributed by atoms with Crippen LogP contribution in [0.15, 0.2) is 42.6 Å². The Morgan fingerprint density at radius 1 is 1.42 bits per heavy atom. The molecule has 0 saturated heterocycles. The number of allylic oxidation sites excluding steroid dienone is 1. The Bertz CT molecular complexity index is 623. The number of aromatic nitrogens is 1. The lowest BCUT2D eigenvalue weighted by Gasteiger charge is -2.07. The molecule has 0 unspecified atom stereocenters. The number of anilines is 1. The summed E-state index contributed by atoms with van der Waals surface area (Å²) in [6.45, 7) is 2.61. The number of benzene rings is 1. The highest BCUT2D eigenvalue weighted by Crippen LogP contribution is 2.32. The van der Waals surface area contributed by atoms with Crippen molar-refractivity contribution in [3.05, 3.63) is 52.7 Å². The molecule has 1 aromatic carbocycles. The zero-order chi connectivity index (χ0) is 13.7. The number of nitrogens with one attached hydrogen (secondary N) is 1. The molecule has 19 heavy (non-hydrogen) atoms. The van der Waals surface area contributed by atoms with Gasteiger partial charge in [-0.15, -0.1) is 0 Å². The van der Waals surface area contributed by atoms with Gasteiger partial charge in [-0.05, 0) is 37.6 Å². The fourth-order valence-corrected chi connectivity index (χ4v) is 1.93. The lowest BCUT2D eigenvalue weighted by Crippen LogP contribution is -2.04. The minimum Gasteiger partial charge on any atom is -0.379 e. The number of nitro groups is 1. The van der Waals surface area contributed by atoms with Gasteiger partial charge in [0.15, 0.2) is 0 Å². The zero-order valence-corrected chi connectivity index (χ0v) is 10.7. The quantitative estimate of drug-likeness (QED) is 0.385. The van der Waals surface area contributed by atoms with Crippen molar-refractivity contribution in [3.8, 4) is 0 Å². The van der Waals surface area contributed by atoms with Crippen molar-refractivity contribution in [1.29, 1.82) is 0 Å². The SMILES string of the molecule is C/C=C/CCNc1ccc2ncccc2c1[N+](=O)[O-]. The van der Waals surface area contributed by atoms with Crippen LogP contribution in [0, 0.1) is 10.1 Å². The van der Waals surface area contributed by atoms with Gasteiger partial charge in [-0.25, -0.2) is 0 Å². The van der Waals surface area contributed by atoms with Gasteiger partial charge in [-0.3, -0.25) is 15.1 Å². The number of nitrogens with zero attached hydrogens (tertiary/aromatic N) is 2. The van der Waals surface area contributed by atoms with Crippen molar-refractivity contribution >= 4 is 22.3 Å². The van der Waals surface area contributed by atoms with Crippen LogP contribution in [0.2, 0.25) is 0 Å². The molecule has 0 radical (unpaired) electrons. The van der Waals surface area contributed by atoms with Crippen LogP contribution in [0.1, 0.15) is 13.3 Å². The first-order valence-corrected chi connectivity index (χ1v) is 6.11. The second-order valence-corrected chi connectivity index (χ2v) is 4.07. The number of fused-ring (bicyclic) bond motifs is 1. The van der Waals surface area contributed by atoms with Gasteiger partial charge in [-0.1, -0.05) is 12.2 Å². The van der Waals surface area contributed by atoms with Gasteiger partial charge in [0.1, 0.15) is 5.69 Å². The molecule has 98 valence electrons. The monoisotopic (exact) mass is 257 g/mol. The fourth-order valence-electron chi connectivity index (χ4n) is 1.93. The summed E-state index contributed by atoms with van der Waals surface area (Å²) in [5, 5.41) is 14.9. The van der Waals surface area contributed by atoms with Crippen LogP contribution in [0.3, 0.4) is 0 Å². The van der Waals surface area contributed by atoms with Gasteiger partial charge in [0.25, 0.3) is 0 Å². The van der Waals surface area contributed by atoms with E-state index in [-0.39, 0.29) is 10.6 Å². The first-order valence-electron chi connectivity index (χ1n) is 6.11. The molecule has 0 amide bonds. The van der Waals surface area contributed by atoms with Crippen molar-refractivity contribution in [2.45, 2.75) is 13.3 Å². The predicted octanol–water partition coefficient (Wildman–Crippen LogP) is 3.52. The van der Waals surface area contributed by atoms with Gasteiger partial charge in [0.05, 0.1) is 15.8 Å². The first kappa shape index (κ1) is 13.0. The summed E-state index contributed by atoms with van der Waals surface area (Å²) in [5.74, 6) is 0. The minimum absolute atomic E-state index is 0.0890. The van der Waals surface area contributed by atoms with Gasteiger partial charge < -0.3 is 5.32 Å². The molecule has 0 aliphatic carbocycles. The largest absolute Gasteiger partial charge is 0.379 e. The molecule has 0 aliphatic heterocycles. The summed E-state index contributed by atoms with van der Waals surface area (Å²) >= 11 is 0. The van der Waals surface area contributed by atoms with Crippen molar-refractivity contribution in [2.24, 2.45) is 0 Å². The number of hydrogen-bond acceptors (Lipinski definition) is 4. The number of rotatable bonds is 5. The molecular formula is C14H15N3O2. The van der Waals surface area contributed by atoms with Crippen LogP contribution in [-0.4, -0.2) is 16.5 Å². The van der Waals surface area contributed by atoms with Crippen LogP contribution in [0.5, 0.6) is 0 Å². The van der Waals surface area contributed by atoms with E-state index in [9.17, 15) is 10.1 Å². The highest BCUT2D eigenvalue weighted by molar-refractivity contribution is 5.94. The topological polar surface area (TPSA) is 68.1 Å². The van der Waals surface area contributed by atoms with Crippen molar-refractivity contribution in [1.82, 2.24) is 4.98 Å². The van der Waals surface area contributed by atoms with Gasteiger partial charge >= 0.3 is 5.69 Å². The third-order valence-corrected chi connectivity index (χ3v) is 2.80. The Labute approximate surface area is 111 Å². The lowest BCUT2D eigenvalue weighted by molar-refractivity contribution is -0.382. The molecule has 2 rings (SSSR count). The summed E-state index contributed by atoms with van der Waals surface area (Å²) < 4.78 is 0. The average Bonchev–Trinajstić information content (AvgIpc) is 2.42. The maximum absolute atomic E-state index is 11.2. The van der Waals surface area contributed by atoms with E-state index >= 15 is 0 Å². The van der Waals surface area contributed by atoms with Crippen molar-refractivity contribution in [3.63, 3.8) is 0 Å². The van der Waals surface area contributed by atoms with Gasteiger partial charge in [0.2, 0.25) is 0 Å². The van der Waals surface area contributed by atoms with E-state index in [1.807, 2.05) is 19.1 Å². The Balaban J connectivity index is 2.37. The van der Waals surface area contributed by atoms with Crippen LogP contribution in [0.25, 0.3) is 10.9 Å². The summed E-state index contributed by atoms with van der Waals surface area (Å²) in [4.78, 5) is 15.0. The van der Waals surface area contributed by atoms with E-state index in [0.29, 0.717) is 23.1 Å². The molecule has 5 heteroatoms. The van der Waals surface area contributed by atoms with Crippen LogP contribution >= 0.6 is 0 Å². The van der Waals surface area contributed by atoms with E-state index in [1.165, 1.54) is 0 Å². The van der Waals surface area contributed by atoms with Crippen molar-refractivity contribution < 1.29 is 4.92 Å². The highest BCUT2D eigenvalue weighted by atomic mass is 16.6. The molecule has 5 nitrogen and oxygen atoms in total. The fraction of sp³-hybridized carbons (Fsp3) is 0.214. The lowest BCUT2D eigenvalue weighted by atomic mass is 10.1. The predicted molar refractivity (Wildman–Crippen MR) is 76.3 cm³/mol. The summed E-state index contributed by atoms with van der Waals surface area (Å²) in [5.41, 5.74) is 1.26. The molecule has 0 fully saturated rings. The van der Waals surface area contributed by atoms with E-state index < -0.39 is 0 Å².